The van der Waals surface area contributed by atoms with Gasteiger partial charge >= 0.3 is 5.97 Å². The smallest absolute Gasteiger partial charge is 0.311 e. The van der Waals surface area contributed by atoms with Gasteiger partial charge in [0, 0.05) is 0 Å². The van der Waals surface area contributed by atoms with Crippen molar-refractivity contribution in [3.63, 3.8) is 0 Å². The fourth-order valence-corrected chi connectivity index (χ4v) is 0.676. The van der Waals surface area contributed by atoms with Crippen LogP contribution in [0.1, 0.15) is 47.5 Å². The monoisotopic (exact) mass is 186 g/mol. The first-order chi connectivity index (χ1) is 5.94. The third-order valence-corrected chi connectivity index (χ3v) is 2.63. The van der Waals surface area contributed by atoms with Crippen molar-refractivity contribution >= 4 is 5.97 Å². The molecule has 0 radical (unpaired) electrons. The van der Waals surface area contributed by atoms with Gasteiger partial charge in [-0.2, -0.15) is 0 Å². The van der Waals surface area contributed by atoms with Crippen LogP contribution in [0.15, 0.2) is 0 Å². The predicted molar refractivity (Wildman–Crippen MR) is 54.5 cm³/mol. The van der Waals surface area contributed by atoms with Crippen LogP contribution in [-0.2, 0) is 9.53 Å². The average molecular weight is 186 g/mol. The molecule has 0 aliphatic rings. The minimum Gasteiger partial charge on any atom is -0.465 e. The first kappa shape index (κ1) is 12.5. The van der Waals surface area contributed by atoms with E-state index in [1.165, 1.54) is 0 Å². The molecular formula is C11H22O2. The van der Waals surface area contributed by atoms with E-state index in [0.717, 1.165) is 12.8 Å². The molecule has 0 aromatic carbocycles. The lowest BCUT2D eigenvalue weighted by Gasteiger charge is -2.21. The molecule has 0 saturated heterocycles. The number of ether oxygens (including phenoxy) is 1. The van der Waals surface area contributed by atoms with Crippen molar-refractivity contribution in [1.82, 2.24) is 0 Å². The molecule has 0 aliphatic heterocycles. The van der Waals surface area contributed by atoms with Crippen LogP contribution in [0.2, 0.25) is 0 Å². The van der Waals surface area contributed by atoms with Crippen molar-refractivity contribution < 1.29 is 9.53 Å². The number of carbonyl (C=O) groups excluding carboxylic acids is 1. The van der Waals surface area contributed by atoms with Gasteiger partial charge in [0.15, 0.2) is 0 Å². The second kappa shape index (κ2) is 5.25. The molecule has 0 heterocycles. The standard InChI is InChI=1S/C11H22O2/c1-6-9(3)8-13-10(12)11(4,5)7-2/h9H,6-8H2,1-5H3. The lowest BCUT2D eigenvalue weighted by Crippen LogP contribution is -2.27. The zero-order valence-corrected chi connectivity index (χ0v) is 9.52. The van der Waals surface area contributed by atoms with Gasteiger partial charge in [0.1, 0.15) is 0 Å². The summed E-state index contributed by atoms with van der Waals surface area (Å²) in [7, 11) is 0. The summed E-state index contributed by atoms with van der Waals surface area (Å²) in [5.74, 6) is 0.395. The van der Waals surface area contributed by atoms with Crippen molar-refractivity contribution in [1.29, 1.82) is 0 Å². The molecule has 0 bridgehead atoms. The number of esters is 1. The molecule has 2 nitrogen and oxygen atoms in total. The fraction of sp³-hybridized carbons (Fsp3) is 0.909. The largest absolute Gasteiger partial charge is 0.465 e. The normalized spacial score (nSPS) is 13.9. The van der Waals surface area contributed by atoms with Crippen LogP contribution in [0, 0.1) is 11.3 Å². The second-order valence-corrected chi connectivity index (χ2v) is 4.35. The molecular weight excluding hydrogens is 164 g/mol. The number of carbonyl (C=O) groups is 1. The van der Waals surface area contributed by atoms with Crippen LogP contribution < -0.4 is 0 Å². The van der Waals surface area contributed by atoms with Gasteiger partial charge in [0.05, 0.1) is 12.0 Å². The highest BCUT2D eigenvalue weighted by Gasteiger charge is 2.27. The van der Waals surface area contributed by atoms with E-state index in [1.54, 1.807) is 0 Å². The zero-order chi connectivity index (χ0) is 10.5. The predicted octanol–water partition coefficient (Wildman–Crippen LogP) is 3.01. The van der Waals surface area contributed by atoms with Crippen molar-refractivity contribution in [2.24, 2.45) is 11.3 Å². The molecule has 0 saturated carbocycles. The summed E-state index contributed by atoms with van der Waals surface area (Å²) in [6.45, 7) is 10.6. The quantitative estimate of drug-likeness (QED) is 0.617. The molecule has 0 aliphatic carbocycles. The first-order valence-corrected chi connectivity index (χ1v) is 5.11. The Bertz CT molecular complexity index is 161. The Labute approximate surface area is 81.7 Å². The Balaban J connectivity index is 3.88. The Hall–Kier alpha value is -0.530. The molecule has 78 valence electrons. The first-order valence-electron chi connectivity index (χ1n) is 5.11. The summed E-state index contributed by atoms with van der Waals surface area (Å²) in [5.41, 5.74) is -0.326. The van der Waals surface area contributed by atoms with Gasteiger partial charge in [0.25, 0.3) is 0 Å². The molecule has 1 unspecified atom stereocenters. The third-order valence-electron chi connectivity index (χ3n) is 2.63. The van der Waals surface area contributed by atoms with Crippen LogP contribution in [-0.4, -0.2) is 12.6 Å². The molecule has 0 spiro atoms. The highest BCUT2D eigenvalue weighted by molar-refractivity contribution is 5.75. The van der Waals surface area contributed by atoms with E-state index in [0.29, 0.717) is 12.5 Å². The number of rotatable bonds is 5. The SMILES string of the molecule is CCC(C)COC(=O)C(C)(C)CC. The molecule has 2 heteroatoms. The van der Waals surface area contributed by atoms with Crippen LogP contribution in [0.25, 0.3) is 0 Å². The van der Waals surface area contributed by atoms with Gasteiger partial charge in [-0.3, -0.25) is 4.79 Å². The molecule has 13 heavy (non-hydrogen) atoms. The zero-order valence-electron chi connectivity index (χ0n) is 9.52. The molecule has 0 aromatic heterocycles. The Kier molecular flexibility index (Phi) is 5.04. The second-order valence-electron chi connectivity index (χ2n) is 4.35. The van der Waals surface area contributed by atoms with Gasteiger partial charge in [-0.05, 0) is 26.2 Å². The number of hydrogen-bond donors (Lipinski definition) is 0. The molecule has 1 atom stereocenters. The lowest BCUT2D eigenvalue weighted by atomic mass is 9.91. The topological polar surface area (TPSA) is 26.3 Å². The van der Waals surface area contributed by atoms with Crippen molar-refractivity contribution in [3.05, 3.63) is 0 Å². The summed E-state index contributed by atoms with van der Waals surface area (Å²) in [6, 6.07) is 0. The summed E-state index contributed by atoms with van der Waals surface area (Å²) in [6.07, 6.45) is 1.88. The van der Waals surface area contributed by atoms with Crippen LogP contribution in [0.4, 0.5) is 0 Å². The van der Waals surface area contributed by atoms with Gasteiger partial charge in [-0.1, -0.05) is 27.2 Å². The minimum absolute atomic E-state index is 0.0738. The van der Waals surface area contributed by atoms with Crippen molar-refractivity contribution in [3.8, 4) is 0 Å². The molecule has 0 amide bonds. The highest BCUT2D eigenvalue weighted by atomic mass is 16.5. The summed E-state index contributed by atoms with van der Waals surface area (Å²) >= 11 is 0. The molecule has 0 fully saturated rings. The Morgan fingerprint density at radius 2 is 1.92 bits per heavy atom. The van der Waals surface area contributed by atoms with E-state index in [9.17, 15) is 4.79 Å². The van der Waals surface area contributed by atoms with E-state index in [-0.39, 0.29) is 11.4 Å². The van der Waals surface area contributed by atoms with Gasteiger partial charge in [-0.25, -0.2) is 0 Å². The molecule has 0 rings (SSSR count). The third kappa shape index (κ3) is 4.30. The molecule has 0 N–H and O–H groups in total. The van der Waals surface area contributed by atoms with Crippen LogP contribution in [0.3, 0.4) is 0 Å². The van der Waals surface area contributed by atoms with Crippen LogP contribution in [0.5, 0.6) is 0 Å². The van der Waals surface area contributed by atoms with E-state index in [1.807, 2.05) is 20.8 Å². The van der Waals surface area contributed by atoms with Gasteiger partial charge in [-0.15, -0.1) is 0 Å². The van der Waals surface area contributed by atoms with Gasteiger partial charge in [0.2, 0.25) is 0 Å². The summed E-state index contributed by atoms with van der Waals surface area (Å²) < 4.78 is 5.21. The minimum atomic E-state index is -0.326. The Morgan fingerprint density at radius 3 is 2.31 bits per heavy atom. The highest BCUT2D eigenvalue weighted by Crippen LogP contribution is 2.21. The maximum Gasteiger partial charge on any atom is 0.311 e. The van der Waals surface area contributed by atoms with E-state index >= 15 is 0 Å². The van der Waals surface area contributed by atoms with Gasteiger partial charge < -0.3 is 4.74 Å². The van der Waals surface area contributed by atoms with Crippen LogP contribution >= 0.6 is 0 Å². The van der Waals surface area contributed by atoms with E-state index < -0.39 is 0 Å². The maximum atomic E-state index is 11.5. The van der Waals surface area contributed by atoms with Crippen molar-refractivity contribution in [2.75, 3.05) is 6.61 Å². The van der Waals surface area contributed by atoms with E-state index in [4.69, 9.17) is 4.74 Å². The average Bonchev–Trinajstić information content (AvgIpc) is 2.13. The maximum absolute atomic E-state index is 11.5. The fourth-order valence-electron chi connectivity index (χ4n) is 0.676. The number of hydrogen-bond acceptors (Lipinski definition) is 2. The lowest BCUT2D eigenvalue weighted by molar-refractivity contribution is -0.155. The molecule has 0 aromatic rings. The van der Waals surface area contributed by atoms with Crippen molar-refractivity contribution in [2.45, 2.75) is 47.5 Å². The summed E-state index contributed by atoms with van der Waals surface area (Å²) in [5, 5.41) is 0. The van der Waals surface area contributed by atoms with E-state index in [2.05, 4.69) is 13.8 Å². The summed E-state index contributed by atoms with van der Waals surface area (Å²) in [4.78, 5) is 11.5. The Morgan fingerprint density at radius 1 is 1.38 bits per heavy atom.